The summed E-state index contributed by atoms with van der Waals surface area (Å²) in [4.78, 5) is 53.9. The molecule has 1 saturated heterocycles. The fraction of sp³-hybridized carbons (Fsp3) is 0.259. The molecule has 1 aromatic heterocycles. The maximum absolute atomic E-state index is 13.2. The Morgan fingerprint density at radius 2 is 1.68 bits per heavy atom. The van der Waals surface area contributed by atoms with Gasteiger partial charge in [-0.15, -0.1) is 11.3 Å². The highest BCUT2D eigenvalue weighted by molar-refractivity contribution is 7.10. The molecule has 3 N–H and O–H groups in total. The molecule has 1 aliphatic heterocycles. The Hall–Kier alpha value is -4.38. The first-order valence-corrected chi connectivity index (χ1v) is 12.9. The molecule has 3 amide bonds. The second-order valence-electron chi connectivity index (χ2n) is 8.64. The summed E-state index contributed by atoms with van der Waals surface area (Å²) in [6.45, 7) is 1.90. The molecule has 0 spiro atoms. The molecule has 1 atom stereocenters. The SMILES string of the molecule is COC(=O)N1CCN(c2ccc(C(=O)NC(CC(=O)O)c3cccs3)cc2NC(=O)c2ccccc2)CC1. The zero-order chi connectivity index (χ0) is 27.1. The molecule has 38 heavy (non-hydrogen) atoms. The number of carbonyl (C=O) groups excluding carboxylic acids is 3. The van der Waals surface area contributed by atoms with E-state index in [2.05, 4.69) is 10.6 Å². The van der Waals surface area contributed by atoms with Crippen molar-refractivity contribution < 1.29 is 29.0 Å². The Morgan fingerprint density at radius 3 is 2.32 bits per heavy atom. The number of methoxy groups -OCH3 is 1. The summed E-state index contributed by atoms with van der Waals surface area (Å²) in [5.41, 5.74) is 1.87. The first-order valence-electron chi connectivity index (χ1n) is 12.0. The van der Waals surface area contributed by atoms with Crippen molar-refractivity contribution in [3.05, 3.63) is 82.0 Å². The van der Waals surface area contributed by atoms with Crippen molar-refractivity contribution in [3.63, 3.8) is 0 Å². The molecule has 3 aromatic rings. The lowest BCUT2D eigenvalue weighted by atomic mass is 10.1. The van der Waals surface area contributed by atoms with E-state index in [1.807, 2.05) is 16.3 Å². The molecule has 10 nitrogen and oxygen atoms in total. The number of hydrogen-bond acceptors (Lipinski definition) is 7. The van der Waals surface area contributed by atoms with Gasteiger partial charge in [0.25, 0.3) is 11.8 Å². The number of carbonyl (C=O) groups is 4. The molecule has 11 heteroatoms. The Morgan fingerprint density at radius 1 is 0.947 bits per heavy atom. The van der Waals surface area contributed by atoms with Gasteiger partial charge in [0.15, 0.2) is 0 Å². The Kier molecular flexibility index (Phi) is 8.59. The van der Waals surface area contributed by atoms with E-state index in [1.165, 1.54) is 18.4 Å². The zero-order valence-electron chi connectivity index (χ0n) is 20.8. The molecule has 0 aliphatic carbocycles. The third-order valence-corrected chi connectivity index (χ3v) is 7.15. The number of anilines is 2. The average molecular weight is 537 g/mol. The highest BCUT2D eigenvalue weighted by Crippen LogP contribution is 2.30. The third kappa shape index (κ3) is 6.48. The number of nitrogens with one attached hydrogen (secondary N) is 2. The van der Waals surface area contributed by atoms with Crippen LogP contribution in [0.4, 0.5) is 16.2 Å². The minimum atomic E-state index is -1.03. The standard InChI is InChI=1S/C27H28N4O6S/c1-37-27(36)31-13-11-30(12-14-31)22-10-9-19(16-20(22)28-25(34)18-6-3-2-4-7-18)26(35)29-21(17-24(32)33)23-8-5-15-38-23/h2-10,15-16,21H,11-14,17H2,1H3,(H,28,34)(H,29,35)(H,32,33). The van der Waals surface area contributed by atoms with Gasteiger partial charge in [-0.1, -0.05) is 24.3 Å². The lowest BCUT2D eigenvalue weighted by Crippen LogP contribution is -2.49. The number of aliphatic carboxylic acids is 1. The number of amides is 3. The Bertz CT molecular complexity index is 1290. The minimum Gasteiger partial charge on any atom is -0.481 e. The number of thiophene rings is 1. The van der Waals surface area contributed by atoms with Crippen LogP contribution in [0.15, 0.2) is 66.0 Å². The summed E-state index contributed by atoms with van der Waals surface area (Å²) in [6.07, 6.45) is -0.650. The van der Waals surface area contributed by atoms with Crippen molar-refractivity contribution in [2.24, 2.45) is 0 Å². The molecular weight excluding hydrogens is 508 g/mol. The quantitative estimate of drug-likeness (QED) is 0.399. The van der Waals surface area contributed by atoms with Gasteiger partial charge in [0.1, 0.15) is 0 Å². The number of rotatable bonds is 8. The second-order valence-corrected chi connectivity index (χ2v) is 9.61. The predicted octanol–water partition coefficient (Wildman–Crippen LogP) is 3.83. The number of carboxylic acid groups (broad SMARTS) is 1. The molecule has 1 fully saturated rings. The molecular formula is C27H28N4O6S. The van der Waals surface area contributed by atoms with Crippen LogP contribution in [-0.2, 0) is 9.53 Å². The number of benzene rings is 2. The van der Waals surface area contributed by atoms with Gasteiger partial charge in [-0.3, -0.25) is 14.4 Å². The Labute approximate surface area is 223 Å². The molecule has 2 aromatic carbocycles. The van der Waals surface area contributed by atoms with Crippen LogP contribution in [0.1, 0.15) is 38.1 Å². The molecule has 4 rings (SSSR count). The number of hydrogen-bond donors (Lipinski definition) is 3. The maximum Gasteiger partial charge on any atom is 0.409 e. The van der Waals surface area contributed by atoms with Gasteiger partial charge in [-0.25, -0.2) is 4.79 Å². The van der Waals surface area contributed by atoms with Gasteiger partial charge in [-0.2, -0.15) is 0 Å². The number of piperazine rings is 1. The number of carboxylic acids is 1. The van der Waals surface area contributed by atoms with E-state index >= 15 is 0 Å². The molecule has 0 radical (unpaired) electrons. The highest BCUT2D eigenvalue weighted by Gasteiger charge is 2.25. The van der Waals surface area contributed by atoms with Crippen LogP contribution < -0.4 is 15.5 Å². The monoisotopic (exact) mass is 536 g/mol. The normalized spacial score (nSPS) is 13.9. The van der Waals surface area contributed by atoms with Crippen LogP contribution in [0.3, 0.4) is 0 Å². The Balaban J connectivity index is 1.59. The van der Waals surface area contributed by atoms with Crippen LogP contribution >= 0.6 is 11.3 Å². The number of nitrogens with zero attached hydrogens (tertiary/aromatic N) is 2. The van der Waals surface area contributed by atoms with Gasteiger partial charge in [0, 0.05) is 42.2 Å². The van der Waals surface area contributed by atoms with Crippen molar-refractivity contribution in [2.45, 2.75) is 12.5 Å². The summed E-state index contributed by atoms with van der Waals surface area (Å²) < 4.78 is 4.81. The molecule has 0 saturated carbocycles. The van der Waals surface area contributed by atoms with E-state index in [0.717, 1.165) is 4.88 Å². The highest BCUT2D eigenvalue weighted by atomic mass is 32.1. The van der Waals surface area contributed by atoms with Crippen molar-refractivity contribution in [3.8, 4) is 0 Å². The average Bonchev–Trinajstić information content (AvgIpc) is 3.48. The van der Waals surface area contributed by atoms with Gasteiger partial charge in [0.05, 0.1) is 30.9 Å². The largest absolute Gasteiger partial charge is 0.481 e. The van der Waals surface area contributed by atoms with Gasteiger partial charge in [-0.05, 0) is 41.8 Å². The van der Waals surface area contributed by atoms with E-state index < -0.39 is 24.0 Å². The zero-order valence-corrected chi connectivity index (χ0v) is 21.6. The van der Waals surface area contributed by atoms with Crippen LogP contribution in [0.25, 0.3) is 0 Å². The van der Waals surface area contributed by atoms with Crippen LogP contribution in [0, 0.1) is 0 Å². The fourth-order valence-electron chi connectivity index (χ4n) is 4.22. The topological polar surface area (TPSA) is 128 Å². The maximum atomic E-state index is 13.2. The van der Waals surface area contributed by atoms with Crippen molar-refractivity contribution in [2.75, 3.05) is 43.5 Å². The van der Waals surface area contributed by atoms with Gasteiger partial charge < -0.3 is 30.3 Å². The molecule has 1 unspecified atom stereocenters. The van der Waals surface area contributed by atoms with Crippen molar-refractivity contribution in [1.29, 1.82) is 0 Å². The van der Waals surface area contributed by atoms with E-state index in [0.29, 0.717) is 43.1 Å². The van der Waals surface area contributed by atoms with E-state index in [4.69, 9.17) is 4.74 Å². The third-order valence-electron chi connectivity index (χ3n) is 6.17. The van der Waals surface area contributed by atoms with Gasteiger partial charge >= 0.3 is 12.1 Å². The lowest BCUT2D eigenvalue weighted by molar-refractivity contribution is -0.137. The molecule has 0 bridgehead atoms. The first-order chi connectivity index (χ1) is 18.4. The molecule has 2 heterocycles. The lowest BCUT2D eigenvalue weighted by Gasteiger charge is -2.36. The van der Waals surface area contributed by atoms with E-state index in [-0.39, 0.29) is 17.9 Å². The minimum absolute atomic E-state index is 0.258. The second kappa shape index (κ2) is 12.2. The smallest absolute Gasteiger partial charge is 0.409 e. The summed E-state index contributed by atoms with van der Waals surface area (Å²) >= 11 is 1.37. The van der Waals surface area contributed by atoms with E-state index in [1.54, 1.807) is 59.5 Å². The van der Waals surface area contributed by atoms with E-state index in [9.17, 15) is 24.3 Å². The molecule has 1 aliphatic rings. The summed E-state index contributed by atoms with van der Waals surface area (Å²) in [5.74, 6) is -1.82. The first kappa shape index (κ1) is 26.7. The van der Waals surface area contributed by atoms with Gasteiger partial charge in [0.2, 0.25) is 0 Å². The summed E-state index contributed by atoms with van der Waals surface area (Å²) in [7, 11) is 1.34. The van der Waals surface area contributed by atoms with Crippen LogP contribution in [-0.4, -0.2) is 67.2 Å². The van der Waals surface area contributed by atoms with Crippen molar-refractivity contribution >= 4 is 46.6 Å². The van der Waals surface area contributed by atoms with Crippen LogP contribution in [0.5, 0.6) is 0 Å². The predicted molar refractivity (Wildman–Crippen MR) is 144 cm³/mol. The van der Waals surface area contributed by atoms with Crippen molar-refractivity contribution in [1.82, 2.24) is 10.2 Å². The number of ether oxygens (including phenoxy) is 1. The molecule has 198 valence electrons. The fourth-order valence-corrected chi connectivity index (χ4v) is 5.00. The van der Waals surface area contributed by atoms with Crippen LogP contribution in [0.2, 0.25) is 0 Å². The summed E-state index contributed by atoms with van der Waals surface area (Å²) in [6, 6.07) is 16.6. The summed E-state index contributed by atoms with van der Waals surface area (Å²) in [5, 5.41) is 16.9.